The Morgan fingerprint density at radius 3 is 2.41 bits per heavy atom. The number of hydrogen-bond acceptors (Lipinski definition) is 3. The van der Waals surface area contributed by atoms with Crippen LogP contribution in [0.2, 0.25) is 0 Å². The van der Waals surface area contributed by atoms with Crippen molar-refractivity contribution >= 4 is 5.69 Å². The molecule has 2 heterocycles. The average molecular weight is 232 g/mol. The van der Waals surface area contributed by atoms with Gasteiger partial charge in [-0.05, 0) is 30.5 Å². The Kier molecular flexibility index (Phi) is 3.29. The number of benzene rings is 1. The molecule has 0 atom stereocenters. The first kappa shape index (κ1) is 11.1. The molecular weight excluding hydrogens is 212 g/mol. The first-order valence-corrected chi connectivity index (χ1v) is 6.57. The van der Waals surface area contributed by atoms with E-state index in [0.717, 1.165) is 19.8 Å². The number of rotatable bonds is 4. The molecule has 0 saturated carbocycles. The molecule has 1 aromatic rings. The van der Waals surface area contributed by atoms with E-state index in [1.807, 2.05) is 0 Å². The fraction of sp³-hybridized carbons (Fsp3) is 0.571. The molecular formula is C14H20N2O. The highest BCUT2D eigenvalue weighted by atomic mass is 16.5. The van der Waals surface area contributed by atoms with Crippen LogP contribution in [-0.4, -0.2) is 32.3 Å². The van der Waals surface area contributed by atoms with Crippen molar-refractivity contribution in [1.29, 1.82) is 0 Å². The van der Waals surface area contributed by atoms with Gasteiger partial charge in [-0.1, -0.05) is 12.1 Å². The zero-order chi connectivity index (χ0) is 11.5. The topological polar surface area (TPSA) is 24.5 Å². The van der Waals surface area contributed by atoms with Crippen molar-refractivity contribution in [2.45, 2.75) is 25.4 Å². The van der Waals surface area contributed by atoms with Gasteiger partial charge in [-0.3, -0.25) is 0 Å². The molecule has 2 aliphatic heterocycles. The van der Waals surface area contributed by atoms with Crippen molar-refractivity contribution in [2.75, 3.05) is 31.2 Å². The Bertz CT molecular complexity index is 353. The van der Waals surface area contributed by atoms with Crippen LogP contribution >= 0.6 is 0 Å². The van der Waals surface area contributed by atoms with Crippen LogP contribution in [0.1, 0.15) is 18.4 Å². The van der Waals surface area contributed by atoms with Crippen molar-refractivity contribution in [2.24, 2.45) is 0 Å². The maximum Gasteiger partial charge on any atom is 0.0643 e. The maximum absolute atomic E-state index is 5.14. The molecule has 17 heavy (non-hydrogen) atoms. The van der Waals surface area contributed by atoms with Gasteiger partial charge in [-0.15, -0.1) is 0 Å². The third kappa shape index (κ3) is 2.61. The molecule has 0 spiro atoms. The highest BCUT2D eigenvalue weighted by Gasteiger charge is 2.17. The van der Waals surface area contributed by atoms with E-state index in [-0.39, 0.29) is 0 Å². The number of anilines is 1. The molecule has 0 aromatic heterocycles. The molecule has 0 bridgehead atoms. The second-order valence-electron chi connectivity index (χ2n) is 4.98. The second-order valence-corrected chi connectivity index (χ2v) is 4.98. The number of hydrogen-bond donors (Lipinski definition) is 1. The first-order chi connectivity index (χ1) is 8.42. The van der Waals surface area contributed by atoms with Crippen LogP contribution in [0.5, 0.6) is 0 Å². The lowest BCUT2D eigenvalue weighted by molar-refractivity contribution is -0.00578. The molecule has 1 N–H and O–H groups in total. The van der Waals surface area contributed by atoms with E-state index in [9.17, 15) is 0 Å². The predicted molar refractivity (Wildman–Crippen MR) is 69.3 cm³/mol. The Morgan fingerprint density at radius 1 is 1.12 bits per heavy atom. The summed E-state index contributed by atoms with van der Waals surface area (Å²) in [4.78, 5) is 2.47. The van der Waals surface area contributed by atoms with Gasteiger partial charge in [0, 0.05) is 25.3 Å². The molecule has 0 amide bonds. The summed E-state index contributed by atoms with van der Waals surface area (Å²) in [6.45, 7) is 5.13. The van der Waals surface area contributed by atoms with Crippen molar-refractivity contribution in [1.82, 2.24) is 5.32 Å². The van der Waals surface area contributed by atoms with Gasteiger partial charge in [-0.2, -0.15) is 0 Å². The monoisotopic (exact) mass is 232 g/mol. The molecule has 2 saturated heterocycles. The van der Waals surface area contributed by atoms with Crippen LogP contribution in [0.25, 0.3) is 0 Å². The summed E-state index contributed by atoms with van der Waals surface area (Å²) in [6, 6.07) is 9.53. The lowest BCUT2D eigenvalue weighted by Crippen LogP contribution is -2.45. The van der Waals surface area contributed by atoms with Crippen LogP contribution in [-0.2, 0) is 11.3 Å². The third-order valence-corrected chi connectivity index (χ3v) is 3.64. The summed E-state index contributed by atoms with van der Waals surface area (Å²) in [6.07, 6.45) is 2.68. The van der Waals surface area contributed by atoms with Crippen molar-refractivity contribution < 1.29 is 4.74 Å². The zero-order valence-corrected chi connectivity index (χ0v) is 10.2. The highest BCUT2D eigenvalue weighted by Crippen LogP contribution is 2.20. The first-order valence-electron chi connectivity index (χ1n) is 6.57. The standard InChI is InChI=1S/C14H20N2O/c1-2-8-16(7-1)14-5-3-12(4-6-14)9-15-13-10-17-11-13/h3-6,13,15H,1-2,7-11H2. The van der Waals surface area contributed by atoms with E-state index >= 15 is 0 Å². The van der Waals surface area contributed by atoms with Gasteiger partial charge in [0.05, 0.1) is 19.3 Å². The minimum atomic E-state index is 0.563. The molecule has 2 aliphatic rings. The fourth-order valence-corrected chi connectivity index (χ4v) is 2.42. The number of nitrogens with one attached hydrogen (secondary N) is 1. The van der Waals surface area contributed by atoms with Gasteiger partial charge < -0.3 is 15.0 Å². The van der Waals surface area contributed by atoms with Gasteiger partial charge in [0.25, 0.3) is 0 Å². The van der Waals surface area contributed by atoms with E-state index < -0.39 is 0 Å². The van der Waals surface area contributed by atoms with Crippen LogP contribution in [0.15, 0.2) is 24.3 Å². The average Bonchev–Trinajstić information content (AvgIpc) is 2.81. The van der Waals surface area contributed by atoms with E-state index in [2.05, 4.69) is 34.5 Å². The van der Waals surface area contributed by atoms with Crippen molar-refractivity contribution in [3.8, 4) is 0 Å². The lowest BCUT2D eigenvalue weighted by atomic mass is 10.1. The predicted octanol–water partition coefficient (Wildman–Crippen LogP) is 1.78. The van der Waals surface area contributed by atoms with E-state index in [1.54, 1.807) is 0 Å². The van der Waals surface area contributed by atoms with Gasteiger partial charge >= 0.3 is 0 Å². The van der Waals surface area contributed by atoms with Gasteiger partial charge in [0.15, 0.2) is 0 Å². The van der Waals surface area contributed by atoms with E-state index in [1.165, 1.54) is 37.2 Å². The Balaban J connectivity index is 1.55. The molecule has 0 aliphatic carbocycles. The van der Waals surface area contributed by atoms with Crippen LogP contribution in [0.3, 0.4) is 0 Å². The molecule has 92 valence electrons. The lowest BCUT2D eigenvalue weighted by Gasteiger charge is -2.27. The molecule has 3 rings (SSSR count). The van der Waals surface area contributed by atoms with E-state index in [4.69, 9.17) is 4.74 Å². The third-order valence-electron chi connectivity index (χ3n) is 3.64. The maximum atomic E-state index is 5.14. The van der Waals surface area contributed by atoms with Crippen LogP contribution < -0.4 is 10.2 Å². The molecule has 1 aromatic carbocycles. The molecule has 3 nitrogen and oxygen atoms in total. The van der Waals surface area contributed by atoms with Crippen molar-refractivity contribution in [3.05, 3.63) is 29.8 Å². The molecule has 0 unspecified atom stereocenters. The Hall–Kier alpha value is -1.06. The normalized spacial score (nSPS) is 20.6. The summed E-state index contributed by atoms with van der Waals surface area (Å²) in [5, 5.41) is 3.49. The SMILES string of the molecule is c1cc(N2CCCC2)ccc1CNC1COC1. The minimum absolute atomic E-state index is 0.563. The van der Waals surface area contributed by atoms with Gasteiger partial charge in [0.1, 0.15) is 0 Å². The molecule has 3 heteroatoms. The van der Waals surface area contributed by atoms with Gasteiger partial charge in [0.2, 0.25) is 0 Å². The summed E-state index contributed by atoms with van der Waals surface area (Å²) in [5.74, 6) is 0. The summed E-state index contributed by atoms with van der Waals surface area (Å²) >= 11 is 0. The largest absolute Gasteiger partial charge is 0.378 e. The summed E-state index contributed by atoms with van der Waals surface area (Å²) < 4.78 is 5.14. The minimum Gasteiger partial charge on any atom is -0.378 e. The summed E-state index contributed by atoms with van der Waals surface area (Å²) in [7, 11) is 0. The quantitative estimate of drug-likeness (QED) is 0.856. The second kappa shape index (κ2) is 5.07. The van der Waals surface area contributed by atoms with Crippen LogP contribution in [0.4, 0.5) is 5.69 Å². The Labute approximate surface area is 103 Å². The molecule has 2 fully saturated rings. The highest BCUT2D eigenvalue weighted by molar-refractivity contribution is 5.48. The number of ether oxygens (including phenoxy) is 1. The zero-order valence-electron chi connectivity index (χ0n) is 10.2. The fourth-order valence-electron chi connectivity index (χ4n) is 2.42. The summed E-state index contributed by atoms with van der Waals surface area (Å²) in [5.41, 5.74) is 2.73. The van der Waals surface area contributed by atoms with Crippen LogP contribution in [0, 0.1) is 0 Å². The van der Waals surface area contributed by atoms with Gasteiger partial charge in [-0.25, -0.2) is 0 Å². The van der Waals surface area contributed by atoms with E-state index in [0.29, 0.717) is 6.04 Å². The Morgan fingerprint density at radius 2 is 1.82 bits per heavy atom. The molecule has 0 radical (unpaired) electrons. The smallest absolute Gasteiger partial charge is 0.0643 e. The van der Waals surface area contributed by atoms with Crippen molar-refractivity contribution in [3.63, 3.8) is 0 Å². The number of nitrogens with zero attached hydrogens (tertiary/aromatic N) is 1.